The highest BCUT2D eigenvalue weighted by Crippen LogP contribution is 2.35. The van der Waals surface area contributed by atoms with Crippen LogP contribution in [0.3, 0.4) is 0 Å². The van der Waals surface area contributed by atoms with E-state index >= 15 is 0 Å². The van der Waals surface area contributed by atoms with Crippen LogP contribution >= 0.6 is 11.8 Å². The SMILES string of the molecule is Cn1c(SCC(=O)N(Cc2ccccc2)C(C)(C)C)nnc1[C@@H]1COc2ccccc2O1. The second kappa shape index (κ2) is 9.24. The van der Waals surface area contributed by atoms with Gasteiger partial charge < -0.3 is 18.9 Å². The molecule has 0 saturated carbocycles. The number of rotatable bonds is 6. The second-order valence-corrected chi connectivity index (χ2v) is 9.63. The van der Waals surface area contributed by atoms with Gasteiger partial charge in [0.1, 0.15) is 6.61 Å². The number of hydrogen-bond acceptors (Lipinski definition) is 6. The van der Waals surface area contributed by atoms with Gasteiger partial charge in [-0.25, -0.2) is 0 Å². The van der Waals surface area contributed by atoms with E-state index in [1.165, 1.54) is 11.8 Å². The lowest BCUT2D eigenvalue weighted by Gasteiger charge is -2.36. The normalized spacial score (nSPS) is 15.4. The molecule has 1 atom stereocenters. The van der Waals surface area contributed by atoms with Crippen molar-refractivity contribution in [3.05, 3.63) is 66.0 Å². The van der Waals surface area contributed by atoms with Crippen LogP contribution in [0.5, 0.6) is 11.5 Å². The fourth-order valence-electron chi connectivity index (χ4n) is 3.55. The fraction of sp³-hybridized carbons (Fsp3) is 0.375. The lowest BCUT2D eigenvalue weighted by atomic mass is 10.0. The van der Waals surface area contributed by atoms with Gasteiger partial charge in [-0.1, -0.05) is 54.2 Å². The average Bonchev–Trinajstić information content (AvgIpc) is 3.15. The third-order valence-electron chi connectivity index (χ3n) is 5.28. The summed E-state index contributed by atoms with van der Waals surface area (Å²) in [5.41, 5.74) is 0.815. The van der Waals surface area contributed by atoms with Crippen LogP contribution in [0.4, 0.5) is 0 Å². The molecule has 3 aromatic rings. The zero-order valence-corrected chi connectivity index (χ0v) is 19.6. The average molecular weight is 453 g/mol. The predicted octanol–water partition coefficient (Wildman–Crippen LogP) is 4.25. The number of aromatic nitrogens is 3. The van der Waals surface area contributed by atoms with E-state index in [2.05, 4.69) is 31.0 Å². The van der Waals surface area contributed by atoms with Crippen LogP contribution in [0.2, 0.25) is 0 Å². The molecule has 0 aliphatic carbocycles. The van der Waals surface area contributed by atoms with Crippen molar-refractivity contribution in [2.45, 2.75) is 44.1 Å². The first kappa shape index (κ1) is 22.2. The molecular weight excluding hydrogens is 424 g/mol. The van der Waals surface area contributed by atoms with Gasteiger partial charge in [-0.3, -0.25) is 4.79 Å². The minimum atomic E-state index is -0.350. The number of thioether (sulfide) groups is 1. The summed E-state index contributed by atoms with van der Waals surface area (Å²) in [6.45, 7) is 7.09. The summed E-state index contributed by atoms with van der Waals surface area (Å²) in [6.07, 6.45) is -0.350. The van der Waals surface area contributed by atoms with Gasteiger partial charge in [-0.05, 0) is 38.5 Å². The monoisotopic (exact) mass is 452 g/mol. The molecule has 0 spiro atoms. The molecule has 2 heterocycles. The molecule has 4 rings (SSSR count). The standard InChI is InChI=1S/C24H28N4O3S/c1-24(2,3)28(14-17-10-6-5-7-11-17)21(29)16-32-23-26-25-22(27(23)4)20-15-30-18-12-8-9-13-19(18)31-20/h5-13,20H,14-16H2,1-4H3/t20-/m0/s1. The summed E-state index contributed by atoms with van der Waals surface area (Å²) in [7, 11) is 1.89. The molecule has 1 aliphatic rings. The highest BCUT2D eigenvalue weighted by atomic mass is 32.2. The predicted molar refractivity (Wildman–Crippen MR) is 124 cm³/mol. The van der Waals surface area contributed by atoms with E-state index in [1.807, 2.05) is 71.1 Å². The van der Waals surface area contributed by atoms with Crippen molar-refractivity contribution in [2.75, 3.05) is 12.4 Å². The van der Waals surface area contributed by atoms with E-state index in [0.29, 0.717) is 29.9 Å². The molecule has 7 nitrogen and oxygen atoms in total. The topological polar surface area (TPSA) is 69.5 Å². The van der Waals surface area contributed by atoms with E-state index in [4.69, 9.17) is 9.47 Å². The molecular formula is C24H28N4O3S. The lowest BCUT2D eigenvalue weighted by molar-refractivity contribution is -0.133. The highest BCUT2D eigenvalue weighted by molar-refractivity contribution is 7.99. The minimum absolute atomic E-state index is 0.0575. The zero-order chi connectivity index (χ0) is 22.7. The van der Waals surface area contributed by atoms with Crippen LogP contribution < -0.4 is 9.47 Å². The van der Waals surface area contributed by atoms with Crippen molar-refractivity contribution in [3.63, 3.8) is 0 Å². The summed E-state index contributed by atoms with van der Waals surface area (Å²) >= 11 is 1.38. The summed E-state index contributed by atoms with van der Waals surface area (Å²) in [5, 5.41) is 9.28. The first-order valence-electron chi connectivity index (χ1n) is 10.6. The van der Waals surface area contributed by atoms with E-state index in [0.717, 1.165) is 11.3 Å². The van der Waals surface area contributed by atoms with Crippen LogP contribution in [0.15, 0.2) is 59.8 Å². The van der Waals surface area contributed by atoms with Gasteiger partial charge in [0.05, 0.1) is 5.75 Å². The van der Waals surface area contributed by atoms with Crippen molar-refractivity contribution >= 4 is 17.7 Å². The van der Waals surface area contributed by atoms with Crippen molar-refractivity contribution in [2.24, 2.45) is 7.05 Å². The quantitative estimate of drug-likeness (QED) is 0.521. The first-order valence-corrected chi connectivity index (χ1v) is 11.6. The van der Waals surface area contributed by atoms with Crippen LogP contribution in [0.1, 0.15) is 38.3 Å². The van der Waals surface area contributed by atoms with Gasteiger partial charge in [0.15, 0.2) is 28.6 Å². The molecule has 0 bridgehead atoms. The molecule has 0 saturated heterocycles. The van der Waals surface area contributed by atoms with E-state index in [1.54, 1.807) is 0 Å². The maximum Gasteiger partial charge on any atom is 0.233 e. The Labute approximate surface area is 192 Å². The van der Waals surface area contributed by atoms with Gasteiger partial charge in [-0.2, -0.15) is 0 Å². The molecule has 0 unspecified atom stereocenters. The fourth-order valence-corrected chi connectivity index (χ4v) is 4.34. The second-order valence-electron chi connectivity index (χ2n) is 8.69. The highest BCUT2D eigenvalue weighted by Gasteiger charge is 2.29. The Balaban J connectivity index is 1.42. The molecule has 0 fully saturated rings. The summed E-state index contributed by atoms with van der Waals surface area (Å²) in [6, 6.07) is 17.6. The number of carbonyl (C=O) groups excluding carboxylic acids is 1. The van der Waals surface area contributed by atoms with Gasteiger partial charge >= 0.3 is 0 Å². The Kier molecular flexibility index (Phi) is 6.41. The maximum absolute atomic E-state index is 13.1. The number of ether oxygens (including phenoxy) is 2. The first-order chi connectivity index (χ1) is 15.3. The summed E-state index contributed by atoms with van der Waals surface area (Å²) in [5.74, 6) is 2.43. The third kappa shape index (κ3) is 4.91. The van der Waals surface area contributed by atoms with Crippen LogP contribution in [0.25, 0.3) is 0 Å². The van der Waals surface area contributed by atoms with Gasteiger partial charge in [0, 0.05) is 19.1 Å². The molecule has 0 N–H and O–H groups in total. The Hall–Kier alpha value is -3.00. The Morgan fingerprint density at radius 3 is 2.50 bits per heavy atom. The smallest absolute Gasteiger partial charge is 0.233 e. The molecule has 32 heavy (non-hydrogen) atoms. The number of carbonyl (C=O) groups is 1. The van der Waals surface area contributed by atoms with Crippen LogP contribution in [0, 0.1) is 0 Å². The molecule has 1 aliphatic heterocycles. The minimum Gasteiger partial charge on any atom is -0.485 e. The Morgan fingerprint density at radius 2 is 1.78 bits per heavy atom. The molecule has 1 aromatic heterocycles. The summed E-state index contributed by atoms with van der Waals surface area (Å²) < 4.78 is 13.7. The number of fused-ring (bicyclic) bond motifs is 1. The molecule has 168 valence electrons. The van der Waals surface area contributed by atoms with Crippen molar-refractivity contribution in [3.8, 4) is 11.5 Å². The van der Waals surface area contributed by atoms with E-state index in [9.17, 15) is 4.79 Å². The van der Waals surface area contributed by atoms with Gasteiger partial charge in [0.2, 0.25) is 5.91 Å². The van der Waals surface area contributed by atoms with Crippen LogP contribution in [-0.2, 0) is 18.4 Å². The number of benzene rings is 2. The maximum atomic E-state index is 13.1. The Bertz CT molecular complexity index is 1080. The molecule has 8 heteroatoms. The largest absolute Gasteiger partial charge is 0.485 e. The lowest BCUT2D eigenvalue weighted by Crippen LogP contribution is -2.45. The van der Waals surface area contributed by atoms with E-state index in [-0.39, 0.29) is 23.3 Å². The van der Waals surface area contributed by atoms with Crippen LogP contribution in [-0.4, -0.2) is 43.5 Å². The van der Waals surface area contributed by atoms with Gasteiger partial charge in [0.25, 0.3) is 0 Å². The number of amides is 1. The molecule has 0 radical (unpaired) electrons. The van der Waals surface area contributed by atoms with Crippen molar-refractivity contribution in [1.29, 1.82) is 0 Å². The number of hydrogen-bond donors (Lipinski definition) is 0. The number of para-hydroxylation sites is 2. The molecule has 2 aromatic carbocycles. The zero-order valence-electron chi connectivity index (χ0n) is 18.8. The van der Waals surface area contributed by atoms with Crippen molar-refractivity contribution < 1.29 is 14.3 Å². The van der Waals surface area contributed by atoms with Crippen molar-refractivity contribution in [1.82, 2.24) is 19.7 Å². The molecule has 1 amide bonds. The third-order valence-corrected chi connectivity index (χ3v) is 6.29. The Morgan fingerprint density at radius 1 is 1.09 bits per heavy atom. The van der Waals surface area contributed by atoms with Gasteiger partial charge in [-0.15, -0.1) is 10.2 Å². The summed E-state index contributed by atoms with van der Waals surface area (Å²) in [4.78, 5) is 15.0. The number of nitrogens with zero attached hydrogens (tertiary/aromatic N) is 4. The van der Waals surface area contributed by atoms with E-state index < -0.39 is 0 Å².